The van der Waals surface area contributed by atoms with Crippen molar-refractivity contribution < 1.29 is 66.7 Å². The molecular weight excluding hydrogens is 1000 g/mol. The number of hydrogen-bond donors (Lipinski definition) is 0. The van der Waals surface area contributed by atoms with Gasteiger partial charge in [0, 0.05) is 34.4 Å². The molecule has 0 saturated heterocycles. The Morgan fingerprint density at radius 2 is 0.924 bits per heavy atom. The van der Waals surface area contributed by atoms with Crippen LogP contribution in [0.1, 0.15) is 140 Å². The van der Waals surface area contributed by atoms with Crippen molar-refractivity contribution in [3.8, 4) is 47.5 Å². The highest BCUT2D eigenvalue weighted by Crippen LogP contribution is 2.41. The second-order valence-electron chi connectivity index (χ2n) is 19.8. The summed E-state index contributed by atoms with van der Waals surface area (Å²) in [6.45, 7) is 6.75. The number of terminal acetylenes is 1. The predicted octanol–water partition coefficient (Wildman–Crippen LogP) is 10.5. The molecule has 0 spiro atoms. The highest BCUT2D eigenvalue weighted by molar-refractivity contribution is 5.90. The third-order valence-electron chi connectivity index (χ3n) is 14.5. The molecule has 79 heavy (non-hydrogen) atoms. The van der Waals surface area contributed by atoms with Gasteiger partial charge in [-0.2, -0.15) is 0 Å². The van der Waals surface area contributed by atoms with Crippen LogP contribution in [0.25, 0.3) is 0 Å². The van der Waals surface area contributed by atoms with Crippen LogP contribution in [0.3, 0.4) is 0 Å². The minimum absolute atomic E-state index is 0.108. The van der Waals surface area contributed by atoms with Gasteiger partial charge in [0.05, 0.1) is 42.4 Å². The summed E-state index contributed by atoms with van der Waals surface area (Å²) in [5.74, 6) is 11.7. The molecule has 0 aliphatic heterocycles. The lowest BCUT2D eigenvalue weighted by molar-refractivity contribution is -0.169. The van der Waals surface area contributed by atoms with Crippen LogP contribution >= 0.6 is 0 Å². The average Bonchev–Trinajstić information content (AvgIpc) is 3.51. The van der Waals surface area contributed by atoms with Crippen molar-refractivity contribution in [1.29, 1.82) is 0 Å². The largest absolute Gasteiger partial charge is 0.465 e. The first-order valence-corrected chi connectivity index (χ1v) is 26.8. The summed E-state index contributed by atoms with van der Waals surface area (Å²) in [4.78, 5) is 87.9. The van der Waals surface area contributed by atoms with Crippen molar-refractivity contribution in [2.75, 3.05) is 20.0 Å². The SMILES string of the molecule is C#Cc1ccc(C#Cc2ccc(C#CC3(OC(=O)c4ccc(OC(=O)C5CCC(C(=O)OCCCCCOC(=O)C=C)CC5)cc4)CCC(c4ccc(OC(=O)C5CCC(C(=O)OCOC(=O)C=C)CC5)cc4)CC3)cc2)cc1. The average molecular weight is 1070 g/mol. The first-order valence-electron chi connectivity index (χ1n) is 26.8. The van der Waals surface area contributed by atoms with Crippen LogP contribution in [-0.4, -0.2) is 67.4 Å². The maximum Gasteiger partial charge on any atom is 0.339 e. The lowest BCUT2D eigenvalue weighted by Gasteiger charge is -2.36. The van der Waals surface area contributed by atoms with E-state index in [2.05, 4.69) is 42.8 Å². The molecule has 4 aromatic rings. The summed E-state index contributed by atoms with van der Waals surface area (Å²) in [6, 6.07) is 28.7. The Balaban J connectivity index is 0.928. The van der Waals surface area contributed by atoms with Gasteiger partial charge < -0.3 is 33.2 Å². The van der Waals surface area contributed by atoms with Gasteiger partial charge in [-0.15, -0.1) is 6.42 Å². The topological polar surface area (TPSA) is 184 Å². The quantitative estimate of drug-likeness (QED) is 0.0164. The molecule has 0 radical (unpaired) electrons. The van der Waals surface area contributed by atoms with Crippen LogP contribution in [0.4, 0.5) is 0 Å². The summed E-state index contributed by atoms with van der Waals surface area (Å²) >= 11 is 0. The van der Waals surface area contributed by atoms with Gasteiger partial charge in [-0.05, 0) is 199 Å². The fourth-order valence-corrected chi connectivity index (χ4v) is 9.74. The van der Waals surface area contributed by atoms with Gasteiger partial charge >= 0.3 is 41.8 Å². The van der Waals surface area contributed by atoms with Crippen molar-refractivity contribution >= 4 is 41.8 Å². The molecule has 3 aliphatic rings. The lowest BCUT2D eigenvalue weighted by atomic mass is 9.76. The first-order chi connectivity index (χ1) is 38.3. The molecular formula is C65H64O14. The van der Waals surface area contributed by atoms with Crippen LogP contribution in [0, 0.1) is 59.7 Å². The molecule has 0 N–H and O–H groups in total. The van der Waals surface area contributed by atoms with Gasteiger partial charge in [-0.25, -0.2) is 14.4 Å². The van der Waals surface area contributed by atoms with E-state index in [0.717, 1.165) is 46.4 Å². The van der Waals surface area contributed by atoms with Gasteiger partial charge in [-0.3, -0.25) is 19.2 Å². The molecule has 0 unspecified atom stereocenters. The second-order valence-corrected chi connectivity index (χ2v) is 19.8. The number of rotatable bonds is 19. The molecule has 0 bridgehead atoms. The van der Waals surface area contributed by atoms with E-state index in [1.165, 1.54) is 0 Å². The van der Waals surface area contributed by atoms with E-state index in [9.17, 15) is 33.6 Å². The van der Waals surface area contributed by atoms with Gasteiger partial charge in [-0.1, -0.05) is 49.0 Å². The summed E-state index contributed by atoms with van der Waals surface area (Å²) in [5, 5.41) is 0. The van der Waals surface area contributed by atoms with Gasteiger partial charge in [0.15, 0.2) is 5.60 Å². The van der Waals surface area contributed by atoms with Crippen LogP contribution in [0.2, 0.25) is 0 Å². The molecule has 7 rings (SSSR count). The third-order valence-corrected chi connectivity index (χ3v) is 14.5. The fourth-order valence-electron chi connectivity index (χ4n) is 9.74. The van der Waals surface area contributed by atoms with E-state index >= 15 is 0 Å². The summed E-state index contributed by atoms with van der Waals surface area (Å²) < 4.78 is 38.1. The Morgan fingerprint density at radius 1 is 0.494 bits per heavy atom. The molecule has 0 atom stereocenters. The minimum Gasteiger partial charge on any atom is -0.465 e. The Morgan fingerprint density at radius 3 is 1.42 bits per heavy atom. The van der Waals surface area contributed by atoms with Crippen molar-refractivity contribution in [3.63, 3.8) is 0 Å². The number of carbonyl (C=O) groups is 7. The van der Waals surface area contributed by atoms with Gasteiger partial charge in [0.1, 0.15) is 11.5 Å². The maximum atomic E-state index is 14.0. The van der Waals surface area contributed by atoms with Crippen molar-refractivity contribution in [2.24, 2.45) is 23.7 Å². The number of hydrogen-bond acceptors (Lipinski definition) is 14. The van der Waals surface area contributed by atoms with E-state index < -0.39 is 48.2 Å². The Kier molecular flexibility index (Phi) is 21.4. The summed E-state index contributed by atoms with van der Waals surface area (Å²) in [5.41, 5.74) is 3.32. The zero-order chi connectivity index (χ0) is 56.0. The lowest BCUT2D eigenvalue weighted by Crippen LogP contribution is -2.37. The minimum atomic E-state index is -1.13. The first kappa shape index (κ1) is 58.0. The van der Waals surface area contributed by atoms with E-state index in [4.69, 9.17) is 39.6 Å². The van der Waals surface area contributed by atoms with Crippen LogP contribution in [-0.2, 0) is 52.5 Å². The summed E-state index contributed by atoms with van der Waals surface area (Å²) in [7, 11) is 0. The van der Waals surface area contributed by atoms with Gasteiger partial charge in [0.25, 0.3) is 0 Å². The van der Waals surface area contributed by atoms with E-state index in [-0.39, 0.29) is 60.1 Å². The standard InChI is InChI=1S/C65H64O14/c1-4-45-10-12-46(13-11-45)14-15-47-16-18-48(19-17-47)36-39-65(40-37-50(38-41-65)49-28-32-56(33-29-49)77-62(70)54-26-22-52(23-27-54)61(69)76-44-75-59(67)6-3)79-64(72)55-30-34-57(35-31-55)78-63(71)53-24-20-51(21-25-53)60(68)74-43-9-7-8-42-73-58(66)5-2/h1,5-6,10-13,16-19,28-35,50-54H,2-3,7-9,20-27,37-38,40-44H2. The van der Waals surface area contributed by atoms with Crippen molar-refractivity contribution in [1.82, 2.24) is 0 Å². The van der Waals surface area contributed by atoms with Crippen LogP contribution in [0.15, 0.2) is 122 Å². The van der Waals surface area contributed by atoms with E-state index in [0.29, 0.717) is 95.6 Å². The molecule has 0 amide bonds. The van der Waals surface area contributed by atoms with Crippen LogP contribution in [0.5, 0.6) is 11.5 Å². The number of ether oxygens (including phenoxy) is 7. The van der Waals surface area contributed by atoms with Crippen LogP contribution < -0.4 is 9.47 Å². The summed E-state index contributed by atoms with van der Waals surface area (Å²) in [6.07, 6.45) is 15.6. The molecule has 0 aromatic heterocycles. The highest BCUT2D eigenvalue weighted by atomic mass is 16.7. The second kappa shape index (κ2) is 29.2. The predicted molar refractivity (Wildman–Crippen MR) is 291 cm³/mol. The molecule has 3 aliphatic carbocycles. The Bertz CT molecular complexity index is 2970. The fraction of sp³-hybridized carbons (Fsp3) is 0.369. The maximum absolute atomic E-state index is 14.0. The molecule has 408 valence electrons. The van der Waals surface area contributed by atoms with E-state index in [1.807, 2.05) is 60.7 Å². The molecule has 14 heteroatoms. The highest BCUT2D eigenvalue weighted by Gasteiger charge is 2.39. The third kappa shape index (κ3) is 17.7. The zero-order valence-corrected chi connectivity index (χ0v) is 44.2. The molecule has 3 fully saturated rings. The zero-order valence-electron chi connectivity index (χ0n) is 44.2. The Labute approximate surface area is 461 Å². The number of carbonyl (C=O) groups excluding carboxylic acids is 7. The molecule has 0 heterocycles. The normalized spacial score (nSPS) is 20.3. The number of benzene rings is 4. The molecule has 14 nitrogen and oxygen atoms in total. The Hall–Kier alpha value is -8.67. The number of unbranched alkanes of at least 4 members (excludes halogenated alkanes) is 2. The van der Waals surface area contributed by atoms with Gasteiger partial charge in [0.2, 0.25) is 6.79 Å². The smallest absolute Gasteiger partial charge is 0.339 e. The van der Waals surface area contributed by atoms with E-state index in [1.54, 1.807) is 36.4 Å². The number of esters is 7. The monoisotopic (exact) mass is 1070 g/mol. The molecule has 4 aromatic carbocycles. The van der Waals surface area contributed by atoms with Crippen molar-refractivity contribution in [2.45, 2.75) is 108 Å². The molecule has 3 saturated carbocycles. The van der Waals surface area contributed by atoms with Crippen molar-refractivity contribution in [3.05, 3.63) is 156 Å².